The second kappa shape index (κ2) is 8.32. The second-order valence-electron chi connectivity index (χ2n) is 6.59. The van der Waals surface area contributed by atoms with Crippen LogP contribution >= 0.6 is 0 Å². The highest BCUT2D eigenvalue weighted by Gasteiger charge is 2.16. The van der Waals surface area contributed by atoms with Crippen LogP contribution < -0.4 is 10.1 Å². The van der Waals surface area contributed by atoms with Crippen molar-refractivity contribution >= 4 is 22.5 Å². The molecule has 0 bridgehead atoms. The topological polar surface area (TPSA) is 67.0 Å². The Hall–Kier alpha value is -4.04. The third-order valence-electron chi connectivity index (χ3n) is 4.62. The Labute approximate surface area is 168 Å². The van der Waals surface area contributed by atoms with Gasteiger partial charge in [-0.2, -0.15) is 5.26 Å². The maximum Gasteiger partial charge on any atom is 0.272 e. The van der Waals surface area contributed by atoms with Crippen LogP contribution in [-0.2, 0) is 6.54 Å². The molecule has 3 aromatic carbocycles. The van der Waals surface area contributed by atoms with Crippen molar-refractivity contribution < 1.29 is 9.53 Å². The van der Waals surface area contributed by atoms with Gasteiger partial charge in [-0.25, -0.2) is 0 Å². The minimum Gasteiger partial charge on any atom is -0.479 e. The summed E-state index contributed by atoms with van der Waals surface area (Å²) in [5.74, 6) is 0.337. The van der Waals surface area contributed by atoms with Gasteiger partial charge in [-0.05, 0) is 29.8 Å². The van der Waals surface area contributed by atoms with Crippen molar-refractivity contribution in [2.45, 2.75) is 6.54 Å². The van der Waals surface area contributed by atoms with Gasteiger partial charge in [0.1, 0.15) is 17.5 Å². The van der Waals surface area contributed by atoms with Crippen molar-refractivity contribution in [2.75, 3.05) is 11.9 Å². The Morgan fingerprint density at radius 2 is 1.76 bits per heavy atom. The summed E-state index contributed by atoms with van der Waals surface area (Å²) < 4.78 is 7.34. The van der Waals surface area contributed by atoms with E-state index >= 15 is 0 Å². The summed E-state index contributed by atoms with van der Waals surface area (Å²) in [7, 11) is 0. The molecule has 0 saturated heterocycles. The molecule has 0 saturated carbocycles. The smallest absolute Gasteiger partial charge is 0.272 e. The fourth-order valence-corrected chi connectivity index (χ4v) is 3.31. The highest BCUT2D eigenvalue weighted by atomic mass is 16.5. The largest absolute Gasteiger partial charge is 0.479 e. The van der Waals surface area contributed by atoms with E-state index in [0.717, 1.165) is 16.5 Å². The molecule has 1 amide bonds. The van der Waals surface area contributed by atoms with Crippen molar-refractivity contribution in [2.24, 2.45) is 0 Å². The third kappa shape index (κ3) is 4.12. The molecule has 4 rings (SSSR count). The van der Waals surface area contributed by atoms with Gasteiger partial charge in [0.15, 0.2) is 6.61 Å². The predicted octanol–water partition coefficient (Wildman–Crippen LogP) is 4.84. The van der Waals surface area contributed by atoms with E-state index in [-0.39, 0.29) is 12.5 Å². The van der Waals surface area contributed by atoms with Crippen molar-refractivity contribution in [1.82, 2.24) is 4.57 Å². The number of benzene rings is 3. The van der Waals surface area contributed by atoms with Crippen molar-refractivity contribution in [1.29, 1.82) is 5.26 Å². The zero-order chi connectivity index (χ0) is 20.1. The molecule has 1 heterocycles. The Balaban J connectivity index is 1.65. The quantitative estimate of drug-likeness (QED) is 0.519. The number of ether oxygens (including phenoxy) is 1. The molecular formula is C24H19N3O2. The summed E-state index contributed by atoms with van der Waals surface area (Å²) in [6.45, 7) is 0.561. The van der Waals surface area contributed by atoms with Crippen LogP contribution in [-0.4, -0.2) is 17.1 Å². The van der Waals surface area contributed by atoms with Crippen LogP contribution in [0.1, 0.15) is 16.1 Å². The van der Waals surface area contributed by atoms with Crippen molar-refractivity contribution in [3.8, 4) is 11.8 Å². The van der Waals surface area contributed by atoms with Gasteiger partial charge in [-0.3, -0.25) is 4.79 Å². The van der Waals surface area contributed by atoms with E-state index in [0.29, 0.717) is 23.7 Å². The van der Waals surface area contributed by atoms with Gasteiger partial charge in [0.05, 0.1) is 0 Å². The molecule has 0 aliphatic carbocycles. The Kier molecular flexibility index (Phi) is 5.26. The molecular weight excluding hydrogens is 362 g/mol. The standard InChI is InChI=1S/C24H19N3O2/c25-13-14-29-21-11-6-10-20(16-21)26-24(28)23-15-19-9-4-5-12-22(19)27(23)17-18-7-2-1-3-8-18/h1-12,15-16H,14,17H2,(H,26,28). The van der Waals surface area contributed by atoms with Crippen LogP contribution in [0, 0.1) is 11.3 Å². The molecule has 0 fully saturated rings. The number of nitrogens with zero attached hydrogens (tertiary/aromatic N) is 2. The average molecular weight is 381 g/mol. The number of carbonyl (C=O) groups excluding carboxylic acids is 1. The van der Waals surface area contributed by atoms with Crippen molar-refractivity contribution in [3.63, 3.8) is 0 Å². The summed E-state index contributed by atoms with van der Waals surface area (Å²) in [5, 5.41) is 12.6. The summed E-state index contributed by atoms with van der Waals surface area (Å²) in [6, 6.07) is 28.9. The fourth-order valence-electron chi connectivity index (χ4n) is 3.31. The summed E-state index contributed by atoms with van der Waals surface area (Å²) in [4.78, 5) is 13.1. The van der Waals surface area contributed by atoms with Gasteiger partial charge in [0.25, 0.3) is 5.91 Å². The van der Waals surface area contributed by atoms with E-state index in [1.54, 1.807) is 24.3 Å². The number of amides is 1. The minimum absolute atomic E-state index is 0.0390. The molecule has 5 heteroatoms. The third-order valence-corrected chi connectivity index (χ3v) is 4.62. The van der Waals surface area contributed by atoms with Crippen molar-refractivity contribution in [3.05, 3.63) is 96.2 Å². The minimum atomic E-state index is -0.199. The number of anilines is 1. The van der Waals surface area contributed by atoms with Gasteiger partial charge in [-0.1, -0.05) is 54.6 Å². The summed E-state index contributed by atoms with van der Waals surface area (Å²) in [6.07, 6.45) is 0. The first kappa shape index (κ1) is 18.3. The molecule has 142 valence electrons. The first-order valence-corrected chi connectivity index (χ1v) is 9.28. The second-order valence-corrected chi connectivity index (χ2v) is 6.59. The monoisotopic (exact) mass is 381 g/mol. The fraction of sp³-hybridized carbons (Fsp3) is 0.0833. The van der Waals surface area contributed by atoms with Gasteiger partial charge >= 0.3 is 0 Å². The number of aromatic nitrogens is 1. The highest BCUT2D eigenvalue weighted by Crippen LogP contribution is 2.23. The number of fused-ring (bicyclic) bond motifs is 1. The summed E-state index contributed by atoms with van der Waals surface area (Å²) >= 11 is 0. The molecule has 0 aliphatic heterocycles. The number of rotatable bonds is 6. The zero-order valence-electron chi connectivity index (χ0n) is 15.7. The molecule has 0 aliphatic rings. The lowest BCUT2D eigenvalue weighted by molar-refractivity contribution is 0.101. The van der Waals surface area contributed by atoms with Crippen LogP contribution in [0.15, 0.2) is 84.9 Å². The first-order valence-electron chi connectivity index (χ1n) is 9.28. The first-order chi connectivity index (χ1) is 14.2. The molecule has 0 atom stereocenters. The molecule has 4 aromatic rings. The SMILES string of the molecule is N#CCOc1cccc(NC(=O)c2cc3ccccc3n2Cc2ccccc2)c1. The Morgan fingerprint density at radius 1 is 0.966 bits per heavy atom. The maximum absolute atomic E-state index is 13.1. The molecule has 0 spiro atoms. The van der Waals surface area contributed by atoms with E-state index in [4.69, 9.17) is 10.00 Å². The molecule has 29 heavy (non-hydrogen) atoms. The van der Waals surface area contributed by atoms with Gasteiger partial charge in [0.2, 0.25) is 0 Å². The van der Waals surface area contributed by atoms with E-state index < -0.39 is 0 Å². The number of nitriles is 1. The summed E-state index contributed by atoms with van der Waals surface area (Å²) in [5.41, 5.74) is 3.32. The van der Waals surface area contributed by atoms with Crippen LogP contribution in [0.25, 0.3) is 10.9 Å². The van der Waals surface area contributed by atoms with Gasteiger partial charge < -0.3 is 14.6 Å². The lowest BCUT2D eigenvalue weighted by Gasteiger charge is -2.12. The van der Waals surface area contributed by atoms with Crippen LogP contribution in [0.5, 0.6) is 5.75 Å². The molecule has 0 radical (unpaired) electrons. The van der Waals surface area contributed by atoms with Crippen LogP contribution in [0.2, 0.25) is 0 Å². The van der Waals surface area contributed by atoms with Crippen LogP contribution in [0.3, 0.4) is 0 Å². The van der Waals surface area contributed by atoms with E-state index in [9.17, 15) is 4.79 Å². The number of para-hydroxylation sites is 1. The molecule has 5 nitrogen and oxygen atoms in total. The van der Waals surface area contributed by atoms with E-state index in [1.807, 2.05) is 71.3 Å². The number of hydrogen-bond donors (Lipinski definition) is 1. The normalized spacial score (nSPS) is 10.4. The number of nitrogens with one attached hydrogen (secondary N) is 1. The number of carbonyl (C=O) groups is 1. The lowest BCUT2D eigenvalue weighted by Crippen LogP contribution is -2.17. The molecule has 1 N–H and O–H groups in total. The van der Waals surface area contributed by atoms with Gasteiger partial charge in [0, 0.05) is 29.2 Å². The predicted molar refractivity (Wildman–Crippen MR) is 113 cm³/mol. The van der Waals surface area contributed by atoms with E-state index in [1.165, 1.54) is 0 Å². The molecule has 0 unspecified atom stereocenters. The Bertz CT molecular complexity index is 1190. The average Bonchev–Trinajstić information content (AvgIpc) is 3.12. The highest BCUT2D eigenvalue weighted by molar-refractivity contribution is 6.06. The Morgan fingerprint density at radius 3 is 2.59 bits per heavy atom. The van der Waals surface area contributed by atoms with E-state index in [2.05, 4.69) is 5.32 Å². The molecule has 1 aromatic heterocycles. The lowest BCUT2D eigenvalue weighted by atomic mass is 10.2. The van der Waals surface area contributed by atoms with Gasteiger partial charge in [-0.15, -0.1) is 0 Å². The number of hydrogen-bond acceptors (Lipinski definition) is 3. The van der Waals surface area contributed by atoms with Crippen LogP contribution in [0.4, 0.5) is 5.69 Å². The zero-order valence-corrected chi connectivity index (χ0v) is 15.7. The maximum atomic E-state index is 13.1.